The van der Waals surface area contributed by atoms with Crippen LogP contribution in [-0.2, 0) is 19.4 Å². The van der Waals surface area contributed by atoms with Crippen molar-refractivity contribution in [3.8, 4) is 0 Å². The number of aromatic nitrogens is 4. The first kappa shape index (κ1) is 13.5. The van der Waals surface area contributed by atoms with Gasteiger partial charge in [-0.05, 0) is 18.1 Å². The molecule has 1 aromatic carbocycles. The van der Waals surface area contributed by atoms with Crippen LogP contribution in [0.4, 0.5) is 0 Å². The monoisotopic (exact) mass is 314 g/mol. The summed E-state index contributed by atoms with van der Waals surface area (Å²) in [5, 5.41) is 4.83. The molecule has 6 heteroatoms. The van der Waals surface area contributed by atoms with Crippen LogP contribution in [0.25, 0.3) is 0 Å². The molecule has 0 amide bonds. The van der Waals surface area contributed by atoms with Crippen LogP contribution in [0, 0.1) is 0 Å². The topological polar surface area (TPSA) is 56.7 Å². The van der Waals surface area contributed by atoms with Gasteiger partial charge in [-0.1, -0.05) is 35.0 Å². The molecule has 3 aromatic rings. The minimum Gasteiger partial charge on any atom is -0.339 e. The average molecular weight is 315 g/mol. The number of hydrogen-bond donors (Lipinski definition) is 0. The van der Waals surface area contributed by atoms with Crippen molar-refractivity contribution in [2.45, 2.75) is 31.7 Å². The van der Waals surface area contributed by atoms with Crippen LogP contribution in [0.2, 0.25) is 5.02 Å². The van der Waals surface area contributed by atoms with Crippen LogP contribution in [0.5, 0.6) is 0 Å². The second-order valence-corrected chi connectivity index (χ2v) is 5.95. The van der Waals surface area contributed by atoms with Crippen molar-refractivity contribution in [2.75, 3.05) is 0 Å². The molecule has 1 aliphatic heterocycles. The lowest BCUT2D eigenvalue weighted by molar-refractivity contribution is 0.321. The van der Waals surface area contributed by atoms with Crippen molar-refractivity contribution in [1.29, 1.82) is 0 Å². The highest BCUT2D eigenvalue weighted by Gasteiger charge is 2.25. The second-order valence-electron chi connectivity index (χ2n) is 5.54. The van der Waals surface area contributed by atoms with Crippen LogP contribution < -0.4 is 0 Å². The van der Waals surface area contributed by atoms with Gasteiger partial charge in [-0.2, -0.15) is 4.98 Å². The molecule has 0 radical (unpaired) electrons. The summed E-state index contributed by atoms with van der Waals surface area (Å²) in [7, 11) is 0. The molecule has 0 saturated carbocycles. The van der Waals surface area contributed by atoms with Gasteiger partial charge in [0.15, 0.2) is 5.82 Å². The van der Waals surface area contributed by atoms with E-state index in [4.69, 9.17) is 16.1 Å². The maximum Gasteiger partial charge on any atom is 0.230 e. The third kappa shape index (κ3) is 2.52. The van der Waals surface area contributed by atoms with Gasteiger partial charge in [0.2, 0.25) is 5.89 Å². The Morgan fingerprint density at radius 2 is 2.23 bits per heavy atom. The Morgan fingerprint density at radius 1 is 1.32 bits per heavy atom. The molecule has 5 nitrogen and oxygen atoms in total. The molecular formula is C16H15ClN4O. The molecule has 0 aliphatic carbocycles. The normalized spacial score (nSPS) is 17.4. The number of hydrogen-bond acceptors (Lipinski definition) is 4. The summed E-state index contributed by atoms with van der Waals surface area (Å²) >= 11 is 6.18. The average Bonchev–Trinajstić information content (AvgIpc) is 3.17. The van der Waals surface area contributed by atoms with E-state index in [0.29, 0.717) is 18.1 Å². The van der Waals surface area contributed by atoms with Crippen LogP contribution in [0.15, 0.2) is 41.2 Å². The number of nitrogens with zero attached hydrogens (tertiary/aromatic N) is 4. The fourth-order valence-corrected chi connectivity index (χ4v) is 3.08. The summed E-state index contributed by atoms with van der Waals surface area (Å²) < 4.78 is 7.64. The van der Waals surface area contributed by atoms with Crippen molar-refractivity contribution >= 4 is 11.6 Å². The van der Waals surface area contributed by atoms with Crippen molar-refractivity contribution in [3.05, 3.63) is 64.8 Å². The van der Waals surface area contributed by atoms with Crippen molar-refractivity contribution < 1.29 is 4.52 Å². The molecule has 2 aromatic heterocycles. The van der Waals surface area contributed by atoms with Crippen LogP contribution in [-0.4, -0.2) is 19.7 Å². The molecule has 22 heavy (non-hydrogen) atoms. The van der Waals surface area contributed by atoms with E-state index in [1.54, 1.807) is 0 Å². The Morgan fingerprint density at radius 3 is 3.14 bits per heavy atom. The largest absolute Gasteiger partial charge is 0.339 e. The molecule has 112 valence electrons. The highest BCUT2D eigenvalue weighted by atomic mass is 35.5. The SMILES string of the molecule is Clc1ccccc1Cc1noc([C@H]2CCn3ccnc3C2)n1. The number of halogens is 1. The zero-order valence-corrected chi connectivity index (χ0v) is 12.7. The molecule has 3 heterocycles. The molecule has 0 spiro atoms. The van der Waals surface area contributed by atoms with Gasteiger partial charge in [0.25, 0.3) is 0 Å². The molecule has 0 unspecified atom stereocenters. The molecule has 4 rings (SSSR count). The lowest BCUT2D eigenvalue weighted by atomic mass is 9.98. The molecule has 0 fully saturated rings. The number of aryl methyl sites for hydroxylation is 1. The van der Waals surface area contributed by atoms with Crippen LogP contribution in [0.3, 0.4) is 0 Å². The smallest absolute Gasteiger partial charge is 0.230 e. The summed E-state index contributed by atoms with van der Waals surface area (Å²) in [6.45, 7) is 0.947. The van der Waals surface area contributed by atoms with E-state index in [0.717, 1.165) is 35.8 Å². The van der Waals surface area contributed by atoms with Crippen molar-refractivity contribution in [3.63, 3.8) is 0 Å². The van der Waals surface area contributed by atoms with Crippen LogP contribution in [0.1, 0.15) is 35.4 Å². The summed E-state index contributed by atoms with van der Waals surface area (Å²) in [5.74, 6) is 2.72. The van der Waals surface area contributed by atoms with Gasteiger partial charge in [0.05, 0.1) is 0 Å². The van der Waals surface area contributed by atoms with Gasteiger partial charge < -0.3 is 9.09 Å². The van der Waals surface area contributed by atoms with Crippen LogP contribution >= 0.6 is 11.6 Å². The Balaban J connectivity index is 1.52. The third-order valence-corrected chi connectivity index (χ3v) is 4.46. The Labute approximate surface area is 132 Å². The Hall–Kier alpha value is -2.14. The Bertz CT molecular complexity index is 795. The van der Waals surface area contributed by atoms with Crippen molar-refractivity contribution in [2.24, 2.45) is 0 Å². The van der Waals surface area contributed by atoms with E-state index in [2.05, 4.69) is 19.7 Å². The fourth-order valence-electron chi connectivity index (χ4n) is 2.88. The number of rotatable bonds is 3. The van der Waals surface area contributed by atoms with Gasteiger partial charge in [0.1, 0.15) is 5.82 Å². The van der Waals surface area contributed by atoms with Gasteiger partial charge in [0, 0.05) is 42.7 Å². The van der Waals surface area contributed by atoms with Gasteiger partial charge in [-0.25, -0.2) is 4.98 Å². The van der Waals surface area contributed by atoms with E-state index in [1.165, 1.54) is 0 Å². The maximum atomic E-state index is 6.18. The molecule has 1 atom stereocenters. The molecule has 0 bridgehead atoms. The van der Waals surface area contributed by atoms with E-state index in [1.807, 2.05) is 36.7 Å². The molecule has 1 aliphatic rings. The number of benzene rings is 1. The quantitative estimate of drug-likeness (QED) is 0.744. The minimum absolute atomic E-state index is 0.252. The second kappa shape index (κ2) is 5.57. The van der Waals surface area contributed by atoms with Gasteiger partial charge in [-0.15, -0.1) is 0 Å². The highest BCUT2D eigenvalue weighted by molar-refractivity contribution is 6.31. The summed E-state index contributed by atoms with van der Waals surface area (Å²) in [4.78, 5) is 8.93. The Kier molecular flexibility index (Phi) is 3.42. The summed E-state index contributed by atoms with van der Waals surface area (Å²) in [5.41, 5.74) is 1.01. The van der Waals surface area contributed by atoms with E-state index in [-0.39, 0.29) is 5.92 Å². The first-order valence-electron chi connectivity index (χ1n) is 7.35. The third-order valence-electron chi connectivity index (χ3n) is 4.09. The van der Waals surface area contributed by atoms with Crippen molar-refractivity contribution in [1.82, 2.24) is 19.7 Å². The first-order chi connectivity index (χ1) is 10.8. The molecule has 0 saturated heterocycles. The zero-order valence-electron chi connectivity index (χ0n) is 11.9. The zero-order chi connectivity index (χ0) is 14.9. The lowest BCUT2D eigenvalue weighted by Gasteiger charge is -2.19. The molecular weight excluding hydrogens is 300 g/mol. The number of imidazole rings is 1. The predicted molar refractivity (Wildman–Crippen MR) is 81.8 cm³/mol. The lowest BCUT2D eigenvalue weighted by Crippen LogP contribution is -2.18. The maximum absolute atomic E-state index is 6.18. The van der Waals surface area contributed by atoms with Gasteiger partial charge in [-0.3, -0.25) is 0 Å². The molecule has 0 N–H and O–H groups in total. The fraction of sp³-hybridized carbons (Fsp3) is 0.312. The number of fused-ring (bicyclic) bond motifs is 1. The van der Waals surface area contributed by atoms with Gasteiger partial charge >= 0.3 is 0 Å². The summed E-state index contributed by atoms with van der Waals surface area (Å²) in [6.07, 6.45) is 6.29. The van der Waals surface area contributed by atoms with E-state index < -0.39 is 0 Å². The highest BCUT2D eigenvalue weighted by Crippen LogP contribution is 2.28. The summed E-state index contributed by atoms with van der Waals surface area (Å²) in [6, 6.07) is 7.73. The van der Waals surface area contributed by atoms with E-state index >= 15 is 0 Å². The minimum atomic E-state index is 0.252. The first-order valence-corrected chi connectivity index (χ1v) is 7.73. The predicted octanol–water partition coefficient (Wildman–Crippen LogP) is 3.24. The van der Waals surface area contributed by atoms with E-state index in [9.17, 15) is 0 Å². The standard InChI is InChI=1S/C16H15ClN4O/c17-13-4-2-1-3-11(13)9-14-19-16(22-20-14)12-5-7-21-8-6-18-15(21)10-12/h1-4,6,8,12H,5,7,9-10H2/t12-/m0/s1.